The summed E-state index contributed by atoms with van der Waals surface area (Å²) in [5, 5.41) is 5.87. The number of aromatic nitrogens is 3. The van der Waals surface area contributed by atoms with Gasteiger partial charge in [-0.25, -0.2) is 4.98 Å². The first-order valence-corrected chi connectivity index (χ1v) is 9.63. The van der Waals surface area contributed by atoms with Crippen LogP contribution < -0.4 is 0 Å². The van der Waals surface area contributed by atoms with E-state index in [0.29, 0.717) is 16.7 Å². The third-order valence-corrected chi connectivity index (χ3v) is 5.15. The van der Waals surface area contributed by atoms with E-state index < -0.39 is 0 Å². The van der Waals surface area contributed by atoms with Crippen LogP contribution in [-0.2, 0) is 0 Å². The third kappa shape index (κ3) is 3.28. The predicted octanol–water partition coefficient (Wildman–Crippen LogP) is 6.58. The van der Waals surface area contributed by atoms with Gasteiger partial charge in [0, 0.05) is 21.5 Å². The summed E-state index contributed by atoms with van der Waals surface area (Å²) >= 11 is 6.04. The molecule has 0 atom stereocenters. The van der Waals surface area contributed by atoms with Crippen LogP contribution in [0.5, 0.6) is 0 Å². The average Bonchev–Trinajstić information content (AvgIpc) is 3.23. The number of hydrogen-bond acceptors (Lipinski definition) is 4. The molecule has 29 heavy (non-hydrogen) atoms. The number of para-hydroxylation sites is 1. The molecule has 5 aromatic rings. The van der Waals surface area contributed by atoms with Crippen molar-refractivity contribution in [3.05, 3.63) is 89.4 Å². The highest BCUT2D eigenvalue weighted by molar-refractivity contribution is 6.30. The summed E-state index contributed by atoms with van der Waals surface area (Å²) in [6, 6.07) is 25.6. The van der Waals surface area contributed by atoms with Crippen molar-refractivity contribution in [3.8, 4) is 34.1 Å². The van der Waals surface area contributed by atoms with Gasteiger partial charge in [-0.3, -0.25) is 0 Å². The molecule has 0 bridgehead atoms. The molecule has 0 aliphatic carbocycles. The number of halogens is 1. The molecule has 5 heteroatoms. The Balaban J connectivity index is 1.68. The Morgan fingerprint density at radius 1 is 0.793 bits per heavy atom. The predicted molar refractivity (Wildman–Crippen MR) is 116 cm³/mol. The topological polar surface area (TPSA) is 51.8 Å². The molecule has 0 aliphatic rings. The number of nitrogens with zero attached hydrogens (tertiary/aromatic N) is 3. The molecule has 3 aromatic carbocycles. The number of rotatable bonds is 3. The maximum Gasteiger partial charge on any atom is 0.259 e. The Morgan fingerprint density at radius 3 is 2.38 bits per heavy atom. The van der Waals surface area contributed by atoms with Gasteiger partial charge in [0.05, 0.1) is 16.8 Å². The van der Waals surface area contributed by atoms with E-state index in [0.717, 1.165) is 38.9 Å². The van der Waals surface area contributed by atoms with E-state index in [4.69, 9.17) is 21.1 Å². The van der Waals surface area contributed by atoms with E-state index in [1.807, 2.05) is 85.8 Å². The SMILES string of the molecule is Cc1ccccc1-c1noc(-c2cc(-c3ccc(Cl)cc3)nc3ccccc23)n1. The summed E-state index contributed by atoms with van der Waals surface area (Å²) in [5.41, 5.74) is 5.57. The minimum absolute atomic E-state index is 0.470. The van der Waals surface area contributed by atoms with Crippen molar-refractivity contribution in [1.29, 1.82) is 0 Å². The Morgan fingerprint density at radius 2 is 1.55 bits per heavy atom. The summed E-state index contributed by atoms with van der Waals surface area (Å²) in [4.78, 5) is 9.49. The number of hydrogen-bond donors (Lipinski definition) is 0. The van der Waals surface area contributed by atoms with Gasteiger partial charge in [0.1, 0.15) is 0 Å². The molecular weight excluding hydrogens is 382 g/mol. The second-order valence-electron chi connectivity index (χ2n) is 6.82. The van der Waals surface area contributed by atoms with E-state index in [1.54, 1.807) is 0 Å². The second-order valence-corrected chi connectivity index (χ2v) is 7.25. The Hall–Kier alpha value is -3.50. The first kappa shape index (κ1) is 17.6. The van der Waals surface area contributed by atoms with Gasteiger partial charge in [-0.2, -0.15) is 4.98 Å². The van der Waals surface area contributed by atoms with Crippen LogP contribution in [0.25, 0.3) is 45.0 Å². The van der Waals surface area contributed by atoms with Crippen LogP contribution in [0.15, 0.2) is 83.4 Å². The first-order chi connectivity index (χ1) is 14.2. The van der Waals surface area contributed by atoms with Gasteiger partial charge in [0.25, 0.3) is 5.89 Å². The highest BCUT2D eigenvalue weighted by atomic mass is 35.5. The minimum atomic E-state index is 0.470. The summed E-state index contributed by atoms with van der Waals surface area (Å²) < 4.78 is 5.67. The quantitative estimate of drug-likeness (QED) is 0.345. The maximum atomic E-state index is 6.04. The van der Waals surface area contributed by atoms with Crippen molar-refractivity contribution in [2.24, 2.45) is 0 Å². The van der Waals surface area contributed by atoms with E-state index in [1.165, 1.54) is 0 Å². The molecule has 2 aromatic heterocycles. The zero-order valence-corrected chi connectivity index (χ0v) is 16.4. The molecular formula is C24H16ClN3O. The van der Waals surface area contributed by atoms with Crippen molar-refractivity contribution in [2.45, 2.75) is 6.92 Å². The lowest BCUT2D eigenvalue weighted by molar-refractivity contribution is 0.432. The molecule has 0 aliphatic heterocycles. The van der Waals surface area contributed by atoms with Crippen molar-refractivity contribution in [2.75, 3.05) is 0 Å². The molecule has 0 N–H and O–H groups in total. The van der Waals surface area contributed by atoms with E-state index in [9.17, 15) is 0 Å². The highest BCUT2D eigenvalue weighted by Crippen LogP contribution is 2.33. The van der Waals surface area contributed by atoms with Crippen molar-refractivity contribution in [3.63, 3.8) is 0 Å². The minimum Gasteiger partial charge on any atom is -0.334 e. The smallest absolute Gasteiger partial charge is 0.259 e. The monoisotopic (exact) mass is 397 g/mol. The van der Waals surface area contributed by atoms with Crippen LogP contribution in [0.4, 0.5) is 0 Å². The number of aryl methyl sites for hydroxylation is 1. The molecule has 0 unspecified atom stereocenters. The van der Waals surface area contributed by atoms with Crippen LogP contribution in [-0.4, -0.2) is 15.1 Å². The van der Waals surface area contributed by atoms with Gasteiger partial charge < -0.3 is 4.52 Å². The first-order valence-electron chi connectivity index (χ1n) is 9.25. The molecule has 140 valence electrons. The lowest BCUT2D eigenvalue weighted by Gasteiger charge is -2.07. The van der Waals surface area contributed by atoms with Gasteiger partial charge >= 0.3 is 0 Å². The normalized spacial score (nSPS) is 11.1. The van der Waals surface area contributed by atoms with Crippen molar-refractivity contribution in [1.82, 2.24) is 15.1 Å². The molecule has 5 rings (SSSR count). The number of benzene rings is 3. The fourth-order valence-corrected chi connectivity index (χ4v) is 3.51. The van der Waals surface area contributed by atoms with Gasteiger partial charge in [-0.15, -0.1) is 0 Å². The summed E-state index contributed by atoms with van der Waals surface area (Å²) in [6.45, 7) is 2.03. The third-order valence-electron chi connectivity index (χ3n) is 4.90. The fraction of sp³-hybridized carbons (Fsp3) is 0.0417. The summed E-state index contributed by atoms with van der Waals surface area (Å²) in [5.74, 6) is 1.05. The van der Waals surface area contributed by atoms with Gasteiger partial charge in [0.2, 0.25) is 5.82 Å². The zero-order valence-electron chi connectivity index (χ0n) is 15.6. The summed E-state index contributed by atoms with van der Waals surface area (Å²) in [6.07, 6.45) is 0. The van der Waals surface area contributed by atoms with Crippen LogP contribution in [0.1, 0.15) is 5.56 Å². The van der Waals surface area contributed by atoms with Crippen LogP contribution >= 0.6 is 11.6 Å². The van der Waals surface area contributed by atoms with Crippen molar-refractivity contribution < 1.29 is 4.52 Å². The fourth-order valence-electron chi connectivity index (χ4n) is 3.39. The van der Waals surface area contributed by atoms with Gasteiger partial charge in [-0.1, -0.05) is 71.4 Å². The largest absolute Gasteiger partial charge is 0.334 e. The van der Waals surface area contributed by atoms with E-state index >= 15 is 0 Å². The van der Waals surface area contributed by atoms with Gasteiger partial charge in [0.15, 0.2) is 0 Å². The summed E-state index contributed by atoms with van der Waals surface area (Å²) in [7, 11) is 0. The van der Waals surface area contributed by atoms with Crippen LogP contribution in [0.2, 0.25) is 5.02 Å². The average molecular weight is 398 g/mol. The van der Waals surface area contributed by atoms with E-state index in [-0.39, 0.29) is 0 Å². The molecule has 4 nitrogen and oxygen atoms in total. The Bertz CT molecular complexity index is 1330. The molecule has 0 saturated heterocycles. The second kappa shape index (κ2) is 7.15. The Labute approximate surface area is 172 Å². The molecule has 0 radical (unpaired) electrons. The highest BCUT2D eigenvalue weighted by Gasteiger charge is 2.16. The molecule has 0 amide bonds. The lowest BCUT2D eigenvalue weighted by atomic mass is 10.0. The maximum absolute atomic E-state index is 6.04. The van der Waals surface area contributed by atoms with Crippen molar-refractivity contribution >= 4 is 22.5 Å². The standard InChI is InChI=1S/C24H16ClN3O/c1-15-6-2-3-7-18(15)23-27-24(29-28-23)20-14-22(16-10-12-17(25)13-11-16)26-21-9-5-4-8-19(20)21/h2-14H,1H3. The molecule has 0 fully saturated rings. The van der Waals surface area contributed by atoms with Crippen LogP contribution in [0.3, 0.4) is 0 Å². The number of fused-ring (bicyclic) bond motifs is 1. The van der Waals surface area contributed by atoms with E-state index in [2.05, 4.69) is 10.1 Å². The number of pyridine rings is 1. The Kier molecular flexibility index (Phi) is 4.34. The molecule has 2 heterocycles. The molecule has 0 spiro atoms. The molecule has 0 saturated carbocycles. The zero-order chi connectivity index (χ0) is 19.8. The van der Waals surface area contributed by atoms with Gasteiger partial charge in [-0.05, 0) is 36.8 Å². The lowest BCUT2D eigenvalue weighted by Crippen LogP contribution is -1.90. The van der Waals surface area contributed by atoms with Crippen LogP contribution in [0, 0.1) is 6.92 Å².